The predicted octanol–water partition coefficient (Wildman–Crippen LogP) is 3.61. The number of aromatic nitrogens is 1. The fourth-order valence-electron chi connectivity index (χ4n) is 1.88. The van der Waals surface area contributed by atoms with Crippen LogP contribution in [0.3, 0.4) is 0 Å². The normalized spacial score (nSPS) is 12.6. The molecule has 0 bridgehead atoms. The Morgan fingerprint density at radius 1 is 1.41 bits per heavy atom. The molecule has 1 aromatic heterocycles. The van der Waals surface area contributed by atoms with Gasteiger partial charge in [-0.2, -0.15) is 0 Å². The monoisotopic (exact) mass is 266 g/mol. The summed E-state index contributed by atoms with van der Waals surface area (Å²) in [5.74, 6) is 0. The zero-order valence-corrected chi connectivity index (χ0v) is 11.5. The van der Waals surface area contributed by atoms with Gasteiger partial charge in [0.05, 0.1) is 5.01 Å². The molecule has 0 spiro atoms. The van der Waals surface area contributed by atoms with Gasteiger partial charge >= 0.3 is 0 Å². The summed E-state index contributed by atoms with van der Waals surface area (Å²) in [6.07, 6.45) is 2.74. The number of benzene rings is 1. The van der Waals surface area contributed by atoms with Gasteiger partial charge in [0.2, 0.25) is 0 Å². The molecule has 0 saturated heterocycles. The van der Waals surface area contributed by atoms with E-state index in [1.54, 1.807) is 11.3 Å². The van der Waals surface area contributed by atoms with Crippen LogP contribution < -0.4 is 5.32 Å². The highest BCUT2D eigenvalue weighted by Crippen LogP contribution is 2.23. The van der Waals surface area contributed by atoms with Crippen LogP contribution in [0.15, 0.2) is 29.8 Å². The molecule has 1 atom stereocenters. The number of rotatable bonds is 4. The Bertz CT molecular complexity index is 462. The summed E-state index contributed by atoms with van der Waals surface area (Å²) >= 11 is 7.78. The van der Waals surface area contributed by atoms with Crippen molar-refractivity contribution in [2.75, 3.05) is 7.05 Å². The van der Waals surface area contributed by atoms with Crippen molar-refractivity contribution in [1.29, 1.82) is 0 Å². The SMILES string of the molecule is CNC(Cc1nccs1)c1cc(C)cc(Cl)c1. The summed E-state index contributed by atoms with van der Waals surface area (Å²) in [5.41, 5.74) is 2.40. The van der Waals surface area contributed by atoms with Gasteiger partial charge in [-0.1, -0.05) is 17.7 Å². The minimum absolute atomic E-state index is 0.263. The molecule has 1 heterocycles. The van der Waals surface area contributed by atoms with Crippen LogP contribution in [-0.4, -0.2) is 12.0 Å². The number of thiazole rings is 1. The van der Waals surface area contributed by atoms with E-state index in [9.17, 15) is 0 Å². The fraction of sp³-hybridized carbons (Fsp3) is 0.308. The Balaban J connectivity index is 2.22. The van der Waals surface area contributed by atoms with Crippen molar-refractivity contribution in [1.82, 2.24) is 10.3 Å². The van der Waals surface area contributed by atoms with Gasteiger partial charge in [0.1, 0.15) is 0 Å². The summed E-state index contributed by atoms with van der Waals surface area (Å²) in [6, 6.07) is 6.42. The van der Waals surface area contributed by atoms with Crippen molar-refractivity contribution in [2.45, 2.75) is 19.4 Å². The molecule has 17 heavy (non-hydrogen) atoms. The number of hydrogen-bond donors (Lipinski definition) is 1. The van der Waals surface area contributed by atoms with Crippen LogP contribution in [0, 0.1) is 6.92 Å². The first-order chi connectivity index (χ1) is 8.19. The van der Waals surface area contributed by atoms with Crippen molar-refractivity contribution in [3.8, 4) is 0 Å². The highest BCUT2D eigenvalue weighted by atomic mass is 35.5. The number of likely N-dealkylation sites (N-methyl/N-ethyl adjacent to an activating group) is 1. The molecule has 90 valence electrons. The second-order valence-electron chi connectivity index (χ2n) is 4.03. The van der Waals surface area contributed by atoms with Gasteiger partial charge < -0.3 is 5.32 Å². The molecule has 0 amide bonds. The standard InChI is InChI=1S/C13H15ClN2S/c1-9-5-10(7-11(14)6-9)12(15-2)8-13-16-3-4-17-13/h3-7,12,15H,8H2,1-2H3. The number of hydrogen-bond acceptors (Lipinski definition) is 3. The Labute approximate surface area is 111 Å². The molecule has 2 nitrogen and oxygen atoms in total. The number of halogens is 1. The van der Waals surface area contributed by atoms with E-state index in [-0.39, 0.29) is 6.04 Å². The second-order valence-corrected chi connectivity index (χ2v) is 5.45. The first-order valence-electron chi connectivity index (χ1n) is 5.52. The fourth-order valence-corrected chi connectivity index (χ4v) is 2.84. The quantitative estimate of drug-likeness (QED) is 0.915. The van der Waals surface area contributed by atoms with E-state index in [1.807, 2.05) is 30.8 Å². The van der Waals surface area contributed by atoms with E-state index in [0.29, 0.717) is 0 Å². The van der Waals surface area contributed by atoms with Gasteiger partial charge in [0, 0.05) is 29.1 Å². The summed E-state index contributed by atoms with van der Waals surface area (Å²) in [7, 11) is 1.97. The maximum absolute atomic E-state index is 6.09. The second kappa shape index (κ2) is 5.63. The molecule has 0 saturated carbocycles. The summed E-state index contributed by atoms with van der Waals surface area (Å²) < 4.78 is 0. The van der Waals surface area contributed by atoms with E-state index in [4.69, 9.17) is 11.6 Å². The Morgan fingerprint density at radius 3 is 2.82 bits per heavy atom. The third kappa shape index (κ3) is 3.28. The lowest BCUT2D eigenvalue weighted by Crippen LogP contribution is -2.18. The van der Waals surface area contributed by atoms with Crippen molar-refractivity contribution >= 4 is 22.9 Å². The molecule has 0 radical (unpaired) electrons. The molecule has 0 aliphatic heterocycles. The Morgan fingerprint density at radius 2 is 2.24 bits per heavy atom. The molecular formula is C13H15ClN2S. The molecule has 2 rings (SSSR count). The maximum atomic E-state index is 6.09. The van der Waals surface area contributed by atoms with E-state index in [2.05, 4.69) is 23.3 Å². The van der Waals surface area contributed by atoms with Crippen LogP contribution in [0.25, 0.3) is 0 Å². The average Bonchev–Trinajstić information content (AvgIpc) is 2.77. The molecule has 1 N–H and O–H groups in total. The van der Waals surface area contributed by atoms with Crippen molar-refractivity contribution < 1.29 is 0 Å². The largest absolute Gasteiger partial charge is 0.313 e. The topological polar surface area (TPSA) is 24.9 Å². The predicted molar refractivity (Wildman–Crippen MR) is 73.8 cm³/mol. The average molecular weight is 267 g/mol. The minimum Gasteiger partial charge on any atom is -0.313 e. The molecule has 1 unspecified atom stereocenters. The molecule has 0 aliphatic carbocycles. The lowest BCUT2D eigenvalue weighted by Gasteiger charge is -2.16. The Hall–Kier alpha value is -0.900. The van der Waals surface area contributed by atoms with Crippen LogP contribution >= 0.6 is 22.9 Å². The summed E-state index contributed by atoms with van der Waals surface area (Å²) in [6.45, 7) is 2.06. The van der Waals surface area contributed by atoms with Gasteiger partial charge in [-0.25, -0.2) is 4.98 Å². The van der Waals surface area contributed by atoms with Crippen molar-refractivity contribution in [2.24, 2.45) is 0 Å². The first kappa shape index (κ1) is 12.6. The lowest BCUT2D eigenvalue weighted by atomic mass is 10.0. The van der Waals surface area contributed by atoms with Crippen LogP contribution in [-0.2, 0) is 6.42 Å². The lowest BCUT2D eigenvalue weighted by molar-refractivity contribution is 0.590. The Kier molecular flexibility index (Phi) is 4.15. The minimum atomic E-state index is 0.263. The van der Waals surface area contributed by atoms with Crippen molar-refractivity contribution in [3.05, 3.63) is 50.9 Å². The van der Waals surface area contributed by atoms with Gasteiger partial charge in [0.15, 0.2) is 0 Å². The zero-order chi connectivity index (χ0) is 12.3. The maximum Gasteiger partial charge on any atom is 0.0943 e. The number of nitrogens with one attached hydrogen (secondary N) is 1. The van der Waals surface area contributed by atoms with E-state index in [1.165, 1.54) is 11.1 Å². The third-order valence-electron chi connectivity index (χ3n) is 2.68. The van der Waals surface area contributed by atoms with Crippen LogP contribution in [0.5, 0.6) is 0 Å². The van der Waals surface area contributed by atoms with Crippen LogP contribution in [0.2, 0.25) is 5.02 Å². The van der Waals surface area contributed by atoms with Crippen molar-refractivity contribution in [3.63, 3.8) is 0 Å². The molecule has 1 aromatic carbocycles. The van der Waals surface area contributed by atoms with Gasteiger partial charge in [-0.05, 0) is 37.2 Å². The molecular weight excluding hydrogens is 252 g/mol. The van der Waals surface area contributed by atoms with Gasteiger partial charge in [0.25, 0.3) is 0 Å². The molecule has 4 heteroatoms. The molecule has 2 aromatic rings. The third-order valence-corrected chi connectivity index (χ3v) is 3.70. The van der Waals surface area contributed by atoms with E-state index in [0.717, 1.165) is 16.5 Å². The zero-order valence-electron chi connectivity index (χ0n) is 9.90. The van der Waals surface area contributed by atoms with Gasteiger partial charge in [-0.15, -0.1) is 11.3 Å². The highest BCUT2D eigenvalue weighted by Gasteiger charge is 2.12. The van der Waals surface area contributed by atoms with E-state index < -0.39 is 0 Å². The number of aryl methyl sites for hydroxylation is 1. The van der Waals surface area contributed by atoms with Gasteiger partial charge in [-0.3, -0.25) is 0 Å². The smallest absolute Gasteiger partial charge is 0.0943 e. The van der Waals surface area contributed by atoms with E-state index >= 15 is 0 Å². The highest BCUT2D eigenvalue weighted by molar-refractivity contribution is 7.09. The van der Waals surface area contributed by atoms with Crippen LogP contribution in [0.4, 0.5) is 0 Å². The first-order valence-corrected chi connectivity index (χ1v) is 6.77. The van der Waals surface area contributed by atoms with Crippen LogP contribution in [0.1, 0.15) is 22.2 Å². The molecule has 0 fully saturated rings. The molecule has 0 aliphatic rings. The number of nitrogens with zero attached hydrogens (tertiary/aromatic N) is 1. The summed E-state index contributed by atoms with van der Waals surface area (Å²) in [4.78, 5) is 4.32. The summed E-state index contributed by atoms with van der Waals surface area (Å²) in [5, 5.41) is 7.26.